The van der Waals surface area contributed by atoms with Crippen LogP contribution >= 0.6 is 0 Å². The summed E-state index contributed by atoms with van der Waals surface area (Å²) >= 11 is 0. The van der Waals surface area contributed by atoms with Gasteiger partial charge in [-0.2, -0.15) is 0 Å². The second kappa shape index (κ2) is 5.86. The summed E-state index contributed by atoms with van der Waals surface area (Å²) in [5, 5.41) is 23.6. The van der Waals surface area contributed by atoms with Crippen molar-refractivity contribution in [3.63, 3.8) is 0 Å². The maximum absolute atomic E-state index is 11.9. The van der Waals surface area contributed by atoms with Crippen LogP contribution < -0.4 is 5.43 Å². The fourth-order valence-electron chi connectivity index (χ4n) is 3.82. The predicted molar refractivity (Wildman–Crippen MR) is 110 cm³/mol. The van der Waals surface area contributed by atoms with Gasteiger partial charge in [-0.1, -0.05) is 42.5 Å². The number of para-hydroxylation sites is 1. The fourth-order valence-corrected chi connectivity index (χ4v) is 3.82. The van der Waals surface area contributed by atoms with Gasteiger partial charge in [0.25, 0.3) is 0 Å². The van der Waals surface area contributed by atoms with E-state index in [1.165, 1.54) is 12.1 Å². The van der Waals surface area contributed by atoms with Crippen LogP contribution in [0.15, 0.2) is 75.9 Å². The van der Waals surface area contributed by atoms with Crippen LogP contribution in [0.4, 0.5) is 0 Å². The van der Waals surface area contributed by atoms with Gasteiger partial charge < -0.3 is 14.6 Å². The van der Waals surface area contributed by atoms with Gasteiger partial charge in [-0.3, -0.25) is 4.79 Å². The molecule has 0 atom stereocenters. The molecule has 2 N–H and O–H groups in total. The van der Waals surface area contributed by atoms with Crippen molar-refractivity contribution < 1.29 is 14.6 Å². The Hall–Kier alpha value is -3.79. The Morgan fingerprint density at radius 3 is 2.54 bits per heavy atom. The molecule has 28 heavy (non-hydrogen) atoms. The lowest BCUT2D eigenvalue weighted by atomic mass is 9.91. The molecule has 0 saturated carbocycles. The van der Waals surface area contributed by atoms with Gasteiger partial charge in [0.2, 0.25) is 11.2 Å². The van der Waals surface area contributed by atoms with Gasteiger partial charge in [-0.05, 0) is 53.1 Å². The molecule has 0 bridgehead atoms. The summed E-state index contributed by atoms with van der Waals surface area (Å²) in [6, 6.07) is 20.4. The third kappa shape index (κ3) is 2.28. The number of benzene rings is 4. The van der Waals surface area contributed by atoms with Crippen LogP contribution in [0.2, 0.25) is 0 Å². The van der Waals surface area contributed by atoms with Gasteiger partial charge in [0.1, 0.15) is 0 Å². The number of rotatable bonds is 1. The summed E-state index contributed by atoms with van der Waals surface area (Å²) in [5.74, 6) is -0.435. The summed E-state index contributed by atoms with van der Waals surface area (Å²) < 4.78 is 5.76. The van der Waals surface area contributed by atoms with Gasteiger partial charge in [0.05, 0.1) is 0 Å². The first kappa shape index (κ1) is 16.4. The first-order chi connectivity index (χ1) is 13.5. The topological polar surface area (TPSA) is 70.7 Å². The molecule has 3 aromatic rings. The molecule has 2 aliphatic rings. The van der Waals surface area contributed by atoms with Gasteiger partial charge in [0.15, 0.2) is 17.1 Å². The number of fused-ring (bicyclic) bond motifs is 3. The Kier molecular flexibility index (Phi) is 3.43. The van der Waals surface area contributed by atoms with Crippen LogP contribution in [-0.2, 0) is 0 Å². The monoisotopic (exact) mass is 368 g/mol. The molecule has 0 fully saturated rings. The molecule has 136 valence electrons. The molecule has 0 radical (unpaired) electrons. The van der Waals surface area contributed by atoms with Gasteiger partial charge in [-0.15, -0.1) is 0 Å². The number of hydrogen-bond donors (Lipinski definition) is 2. The fraction of sp³-hybridized carbons (Fsp3) is 0.0417. The van der Waals surface area contributed by atoms with E-state index in [1.807, 2.05) is 24.3 Å². The molecule has 0 saturated heterocycles. The zero-order valence-electron chi connectivity index (χ0n) is 15.1. The number of aryl methyl sites for hydroxylation is 1. The maximum Gasteiger partial charge on any atom is 0.224 e. The standard InChI is InChI=1S/C24H16O4/c1-13-4-2-5-14-8-9-15(12-18(13)14)21-16-6-3-7-20(26)23(16)28-24-17(21)10-11-19(25)22(24)27/h2-12,26-27H,1H3. The van der Waals surface area contributed by atoms with Crippen molar-refractivity contribution in [1.29, 1.82) is 0 Å². The molecule has 1 heterocycles. The first-order valence-corrected chi connectivity index (χ1v) is 8.95. The van der Waals surface area contributed by atoms with Crippen molar-refractivity contribution in [3.05, 3.63) is 82.5 Å². The van der Waals surface area contributed by atoms with Crippen molar-refractivity contribution in [1.82, 2.24) is 0 Å². The third-order valence-corrected chi connectivity index (χ3v) is 5.22. The lowest BCUT2D eigenvalue weighted by Crippen LogP contribution is -2.02. The van der Waals surface area contributed by atoms with E-state index in [0.29, 0.717) is 10.9 Å². The van der Waals surface area contributed by atoms with Gasteiger partial charge >= 0.3 is 0 Å². The maximum atomic E-state index is 11.9. The molecule has 4 heteroatoms. The lowest BCUT2D eigenvalue weighted by Gasteiger charge is -2.17. The van der Waals surface area contributed by atoms with E-state index in [2.05, 4.69) is 25.1 Å². The molecule has 0 unspecified atom stereocenters. The Balaban J connectivity index is 1.97. The summed E-state index contributed by atoms with van der Waals surface area (Å²) in [7, 11) is 0. The van der Waals surface area contributed by atoms with E-state index in [-0.39, 0.29) is 17.1 Å². The normalized spacial score (nSPS) is 11.5. The molecule has 1 aliphatic carbocycles. The van der Waals surface area contributed by atoms with Crippen molar-refractivity contribution in [2.45, 2.75) is 6.92 Å². The molecule has 0 spiro atoms. The van der Waals surface area contributed by atoms with Crippen molar-refractivity contribution in [2.24, 2.45) is 0 Å². The van der Waals surface area contributed by atoms with Crippen LogP contribution in [0, 0.1) is 6.92 Å². The van der Waals surface area contributed by atoms with E-state index in [4.69, 9.17) is 4.42 Å². The molecular formula is C24H16O4. The molecule has 3 aromatic carbocycles. The summed E-state index contributed by atoms with van der Waals surface area (Å²) in [6.07, 6.45) is 0. The molecule has 1 aliphatic heterocycles. The largest absolute Gasteiger partial charge is 0.504 e. The molecule has 0 aromatic heterocycles. The van der Waals surface area contributed by atoms with Crippen molar-refractivity contribution in [3.8, 4) is 33.9 Å². The minimum Gasteiger partial charge on any atom is -0.504 e. The summed E-state index contributed by atoms with van der Waals surface area (Å²) in [4.78, 5) is 11.9. The van der Waals surface area contributed by atoms with Crippen LogP contribution in [0.25, 0.3) is 44.2 Å². The average Bonchev–Trinajstić information content (AvgIpc) is 2.70. The highest BCUT2D eigenvalue weighted by Crippen LogP contribution is 2.45. The van der Waals surface area contributed by atoms with E-state index >= 15 is 0 Å². The van der Waals surface area contributed by atoms with E-state index in [1.54, 1.807) is 12.1 Å². The molecule has 4 nitrogen and oxygen atoms in total. The molecule has 0 amide bonds. The average molecular weight is 368 g/mol. The smallest absolute Gasteiger partial charge is 0.224 e. The van der Waals surface area contributed by atoms with E-state index < -0.39 is 11.2 Å². The minimum atomic E-state index is -0.522. The highest BCUT2D eigenvalue weighted by atomic mass is 16.4. The van der Waals surface area contributed by atoms with Crippen molar-refractivity contribution in [2.75, 3.05) is 0 Å². The van der Waals surface area contributed by atoms with E-state index in [9.17, 15) is 15.0 Å². The van der Waals surface area contributed by atoms with Crippen molar-refractivity contribution >= 4 is 21.7 Å². The zero-order chi connectivity index (χ0) is 19.4. The number of phenols is 2. The second-order valence-corrected chi connectivity index (χ2v) is 6.93. The Labute approximate surface area is 160 Å². The van der Waals surface area contributed by atoms with Crippen LogP contribution in [0.5, 0.6) is 11.5 Å². The van der Waals surface area contributed by atoms with Gasteiger partial charge in [0, 0.05) is 16.5 Å². The summed E-state index contributed by atoms with van der Waals surface area (Å²) in [6.45, 7) is 2.06. The van der Waals surface area contributed by atoms with E-state index in [0.717, 1.165) is 27.5 Å². The van der Waals surface area contributed by atoms with Gasteiger partial charge in [-0.25, -0.2) is 0 Å². The molecular weight excluding hydrogens is 352 g/mol. The molecule has 5 rings (SSSR count). The predicted octanol–water partition coefficient (Wildman–Crippen LogP) is 5.44. The number of hydrogen-bond acceptors (Lipinski definition) is 4. The minimum absolute atomic E-state index is 0.0479. The van der Waals surface area contributed by atoms with Crippen LogP contribution in [0.3, 0.4) is 0 Å². The highest BCUT2D eigenvalue weighted by molar-refractivity contribution is 6.05. The highest BCUT2D eigenvalue weighted by Gasteiger charge is 2.22. The lowest BCUT2D eigenvalue weighted by molar-refractivity contribution is 0.440. The van der Waals surface area contributed by atoms with Crippen LogP contribution in [-0.4, -0.2) is 10.2 Å². The van der Waals surface area contributed by atoms with Crippen LogP contribution in [0.1, 0.15) is 5.56 Å². The summed E-state index contributed by atoms with van der Waals surface area (Å²) in [5.41, 5.74) is 3.19. The Morgan fingerprint density at radius 1 is 0.857 bits per heavy atom. The quantitative estimate of drug-likeness (QED) is 0.387. The first-order valence-electron chi connectivity index (χ1n) is 8.95. The Morgan fingerprint density at radius 2 is 1.68 bits per heavy atom. The number of phenolic OH excluding ortho intramolecular Hbond substituents is 2. The Bertz CT molecular complexity index is 1410. The second-order valence-electron chi connectivity index (χ2n) is 6.93. The zero-order valence-corrected chi connectivity index (χ0v) is 15.1. The SMILES string of the molecule is Cc1cccc2ccc(-c3c4ccc(=O)c(O)c-4oc4c(O)cccc34)cc12. The number of aromatic hydroxyl groups is 2. The third-order valence-electron chi connectivity index (χ3n) is 5.22.